The number of hydrogen-bond acceptors (Lipinski definition) is 4. The highest BCUT2D eigenvalue weighted by Gasteiger charge is 2.33. The predicted molar refractivity (Wildman–Crippen MR) is 122 cm³/mol. The first-order valence-corrected chi connectivity index (χ1v) is 11.9. The van der Waals surface area contributed by atoms with Crippen molar-refractivity contribution in [1.82, 2.24) is 4.72 Å². The number of aliphatic imine (C=N–C) groups is 1. The van der Waals surface area contributed by atoms with Crippen LogP contribution in [0.25, 0.3) is 6.08 Å². The molecule has 1 aliphatic heterocycles. The molecule has 0 bridgehead atoms. The van der Waals surface area contributed by atoms with E-state index in [2.05, 4.69) is 15.0 Å². The maximum Gasteiger partial charge on any atom is 0.417 e. The number of amidine groups is 1. The van der Waals surface area contributed by atoms with Crippen molar-refractivity contribution >= 4 is 45.1 Å². The number of benzene rings is 2. The van der Waals surface area contributed by atoms with Crippen molar-refractivity contribution in [1.29, 1.82) is 0 Å². The summed E-state index contributed by atoms with van der Waals surface area (Å²) in [6.07, 6.45) is 1.04. The van der Waals surface area contributed by atoms with Gasteiger partial charge in [-0.25, -0.2) is 8.42 Å². The lowest BCUT2D eigenvalue weighted by atomic mass is 10.1. The minimum absolute atomic E-state index is 0.0174. The Labute approximate surface area is 194 Å². The second kappa shape index (κ2) is 10.4. The summed E-state index contributed by atoms with van der Waals surface area (Å²) in [6.45, 7) is 0.587. The van der Waals surface area contributed by atoms with Crippen molar-refractivity contribution in [2.75, 3.05) is 11.9 Å². The largest absolute Gasteiger partial charge is 0.417 e. The van der Waals surface area contributed by atoms with Crippen LogP contribution in [0.5, 0.6) is 0 Å². The summed E-state index contributed by atoms with van der Waals surface area (Å²) in [5, 5.41) is 2.09. The van der Waals surface area contributed by atoms with Crippen LogP contribution in [0, 0.1) is 0 Å². The number of carbonyl (C=O) groups is 1. The number of nitrogens with zero attached hydrogens (tertiary/aromatic N) is 1. The smallest absolute Gasteiger partial charge is 0.323 e. The third-order valence-corrected chi connectivity index (χ3v) is 6.51. The summed E-state index contributed by atoms with van der Waals surface area (Å²) in [5.41, 5.74) is -0.523. The summed E-state index contributed by atoms with van der Waals surface area (Å²) < 4.78 is 66.4. The Morgan fingerprint density at radius 3 is 2.48 bits per heavy atom. The van der Waals surface area contributed by atoms with Gasteiger partial charge in [0.1, 0.15) is 5.84 Å². The van der Waals surface area contributed by atoms with Gasteiger partial charge in [0.15, 0.2) is 0 Å². The number of carbonyl (C=O) groups excluding carboxylic acids is 1. The van der Waals surface area contributed by atoms with E-state index in [0.717, 1.165) is 37.5 Å². The second-order valence-corrected chi connectivity index (χ2v) is 9.42. The molecule has 1 heterocycles. The number of amides is 1. The minimum atomic E-state index is -4.61. The van der Waals surface area contributed by atoms with Crippen LogP contribution < -0.4 is 10.0 Å². The molecule has 0 saturated heterocycles. The van der Waals surface area contributed by atoms with Crippen molar-refractivity contribution in [3.63, 3.8) is 0 Å². The van der Waals surface area contributed by atoms with Gasteiger partial charge in [-0.1, -0.05) is 24.1 Å². The molecular formula is C22H21ClF3N3O3S. The first-order chi connectivity index (χ1) is 15.5. The number of hydrogen-bond donors (Lipinski definition) is 2. The molecule has 2 aromatic carbocycles. The zero-order valence-corrected chi connectivity index (χ0v) is 18.9. The lowest BCUT2D eigenvalue weighted by molar-refractivity contribution is -0.137. The zero-order chi connectivity index (χ0) is 24.1. The number of halogens is 4. The lowest BCUT2D eigenvalue weighted by Crippen LogP contribution is -2.30. The van der Waals surface area contributed by atoms with Gasteiger partial charge < -0.3 is 5.32 Å². The fourth-order valence-corrected chi connectivity index (χ4v) is 4.42. The van der Waals surface area contributed by atoms with Gasteiger partial charge in [-0.2, -0.15) is 13.2 Å². The monoisotopic (exact) mass is 499 g/mol. The standard InChI is InChI=1S/C22H21ClF3N3O3S/c23-19-11-5-15(14-18(19)22(24,25)26)6-12-21(30)28-16-7-9-17(10-8-16)33(31,32)29-20-4-2-1-3-13-27-20/h5-12,14H,1-4,13H2,(H,27,29)(H,28,30)/b12-6+. The first-order valence-electron chi connectivity index (χ1n) is 10.1. The van der Waals surface area contributed by atoms with Crippen molar-refractivity contribution in [3.8, 4) is 0 Å². The first kappa shape index (κ1) is 24.8. The Balaban J connectivity index is 1.64. The average molecular weight is 500 g/mol. The van der Waals surface area contributed by atoms with Gasteiger partial charge in [-0.05, 0) is 60.9 Å². The Morgan fingerprint density at radius 2 is 1.79 bits per heavy atom. The summed E-state index contributed by atoms with van der Waals surface area (Å²) >= 11 is 5.58. The SMILES string of the molecule is O=C(/C=C/c1ccc(Cl)c(C(F)(F)F)c1)Nc1ccc(S(=O)(=O)NC2=NCCCCC2)cc1. The van der Waals surface area contributed by atoms with Gasteiger partial charge in [0.05, 0.1) is 15.5 Å². The Morgan fingerprint density at radius 1 is 1.06 bits per heavy atom. The number of sulfonamides is 1. The Kier molecular flexibility index (Phi) is 7.80. The highest BCUT2D eigenvalue weighted by atomic mass is 35.5. The van der Waals surface area contributed by atoms with E-state index in [-0.39, 0.29) is 10.5 Å². The maximum absolute atomic E-state index is 12.9. The molecule has 6 nitrogen and oxygen atoms in total. The van der Waals surface area contributed by atoms with Crippen LogP contribution in [-0.2, 0) is 21.0 Å². The van der Waals surface area contributed by atoms with E-state index < -0.39 is 32.7 Å². The summed E-state index contributed by atoms with van der Waals surface area (Å²) in [4.78, 5) is 16.4. The van der Waals surface area contributed by atoms with E-state index in [0.29, 0.717) is 24.5 Å². The quantitative estimate of drug-likeness (QED) is 0.550. The second-order valence-electron chi connectivity index (χ2n) is 7.33. The van der Waals surface area contributed by atoms with E-state index >= 15 is 0 Å². The van der Waals surface area contributed by atoms with E-state index in [9.17, 15) is 26.4 Å². The average Bonchev–Trinajstić information content (AvgIpc) is 3.01. The molecule has 0 unspecified atom stereocenters. The van der Waals surface area contributed by atoms with Gasteiger partial charge in [0.25, 0.3) is 10.0 Å². The highest BCUT2D eigenvalue weighted by molar-refractivity contribution is 7.90. The van der Waals surface area contributed by atoms with Crippen LogP contribution in [0.2, 0.25) is 5.02 Å². The normalized spacial score (nSPS) is 15.1. The molecule has 33 heavy (non-hydrogen) atoms. The Hall–Kier alpha value is -2.85. The summed E-state index contributed by atoms with van der Waals surface area (Å²) in [7, 11) is -3.80. The van der Waals surface area contributed by atoms with E-state index in [1.807, 2.05) is 0 Å². The van der Waals surface area contributed by atoms with Crippen molar-refractivity contribution in [2.45, 2.75) is 36.8 Å². The van der Waals surface area contributed by atoms with Crippen molar-refractivity contribution in [2.24, 2.45) is 4.99 Å². The maximum atomic E-state index is 12.9. The number of alkyl halides is 3. The molecule has 1 aliphatic rings. The molecule has 3 rings (SSSR count). The molecule has 1 amide bonds. The summed E-state index contributed by atoms with van der Waals surface area (Å²) in [5.74, 6) is -0.161. The predicted octanol–water partition coefficient (Wildman–Crippen LogP) is 5.26. The molecule has 0 saturated carbocycles. The van der Waals surface area contributed by atoms with Crippen molar-refractivity contribution < 1.29 is 26.4 Å². The molecule has 11 heteroatoms. The van der Waals surface area contributed by atoms with Crippen LogP contribution in [0.4, 0.5) is 18.9 Å². The molecule has 0 fully saturated rings. The summed E-state index contributed by atoms with van der Waals surface area (Å²) in [6, 6.07) is 8.82. The van der Waals surface area contributed by atoms with Gasteiger partial charge in [0, 0.05) is 24.7 Å². The van der Waals surface area contributed by atoms with E-state index in [1.165, 1.54) is 36.4 Å². The minimum Gasteiger partial charge on any atom is -0.323 e. The fraction of sp³-hybridized carbons (Fsp3) is 0.273. The molecule has 0 aromatic heterocycles. The highest BCUT2D eigenvalue weighted by Crippen LogP contribution is 2.35. The lowest BCUT2D eigenvalue weighted by Gasteiger charge is -2.10. The molecule has 2 N–H and O–H groups in total. The zero-order valence-electron chi connectivity index (χ0n) is 17.3. The molecule has 0 atom stereocenters. The molecule has 0 spiro atoms. The van der Waals surface area contributed by atoms with E-state index in [1.54, 1.807) is 0 Å². The van der Waals surface area contributed by atoms with E-state index in [4.69, 9.17) is 11.6 Å². The Bertz CT molecular complexity index is 1180. The number of anilines is 1. The van der Waals surface area contributed by atoms with Crippen LogP contribution in [-0.4, -0.2) is 26.7 Å². The van der Waals surface area contributed by atoms with Gasteiger partial charge in [-0.15, -0.1) is 0 Å². The van der Waals surface area contributed by atoms with Gasteiger partial charge in [-0.3, -0.25) is 14.5 Å². The number of nitrogens with one attached hydrogen (secondary N) is 2. The molecule has 0 aliphatic carbocycles. The van der Waals surface area contributed by atoms with Crippen LogP contribution >= 0.6 is 11.6 Å². The van der Waals surface area contributed by atoms with Crippen LogP contribution in [0.3, 0.4) is 0 Å². The third-order valence-electron chi connectivity index (χ3n) is 4.78. The third kappa shape index (κ3) is 7.06. The topological polar surface area (TPSA) is 87.6 Å². The molecule has 176 valence electrons. The van der Waals surface area contributed by atoms with Crippen LogP contribution in [0.1, 0.15) is 36.8 Å². The van der Waals surface area contributed by atoms with Gasteiger partial charge >= 0.3 is 6.18 Å². The molecule has 0 radical (unpaired) electrons. The molecule has 2 aromatic rings. The molecular weight excluding hydrogens is 479 g/mol. The van der Waals surface area contributed by atoms with Gasteiger partial charge in [0.2, 0.25) is 5.91 Å². The van der Waals surface area contributed by atoms with Crippen molar-refractivity contribution in [3.05, 3.63) is 64.7 Å². The number of rotatable bonds is 5. The fourth-order valence-electron chi connectivity index (χ4n) is 3.11. The van der Waals surface area contributed by atoms with Crippen LogP contribution in [0.15, 0.2) is 58.4 Å².